The van der Waals surface area contributed by atoms with Crippen LogP contribution in [0.3, 0.4) is 0 Å². The van der Waals surface area contributed by atoms with E-state index in [9.17, 15) is 14.4 Å². The van der Waals surface area contributed by atoms with E-state index in [1.165, 1.54) is 30.8 Å². The lowest BCUT2D eigenvalue weighted by atomic mass is 10.2. The van der Waals surface area contributed by atoms with E-state index in [1.54, 1.807) is 24.3 Å². The van der Waals surface area contributed by atoms with Crippen molar-refractivity contribution in [3.05, 3.63) is 59.1 Å². The lowest BCUT2D eigenvalue weighted by molar-refractivity contribution is -0.152. The quantitative estimate of drug-likeness (QED) is 0.516. The number of hydrogen-bond acceptors (Lipinski definition) is 5. The van der Waals surface area contributed by atoms with Crippen LogP contribution in [0.2, 0.25) is 5.02 Å². The summed E-state index contributed by atoms with van der Waals surface area (Å²) < 4.78 is 5.14. The molecule has 2 aromatic rings. The van der Waals surface area contributed by atoms with E-state index in [0.717, 1.165) is 4.90 Å². The summed E-state index contributed by atoms with van der Waals surface area (Å²) >= 11 is 7.32. The van der Waals surface area contributed by atoms with Gasteiger partial charge in [-0.05, 0) is 55.5 Å². The van der Waals surface area contributed by atoms with E-state index in [0.29, 0.717) is 22.0 Å². The van der Waals surface area contributed by atoms with Gasteiger partial charge in [-0.15, -0.1) is 11.8 Å². The van der Waals surface area contributed by atoms with Crippen molar-refractivity contribution in [2.45, 2.75) is 24.3 Å². The first-order chi connectivity index (χ1) is 12.8. The Morgan fingerprint density at radius 1 is 1.11 bits per heavy atom. The van der Waals surface area contributed by atoms with Gasteiger partial charge in [0.1, 0.15) is 0 Å². The second-order valence-electron chi connectivity index (χ2n) is 5.62. The number of anilines is 1. The lowest BCUT2D eigenvalue weighted by Gasteiger charge is -2.13. The molecule has 27 heavy (non-hydrogen) atoms. The average Bonchev–Trinajstić information content (AvgIpc) is 2.63. The van der Waals surface area contributed by atoms with Crippen LogP contribution in [0.5, 0.6) is 0 Å². The largest absolute Gasteiger partial charge is 0.453 e. The van der Waals surface area contributed by atoms with Crippen molar-refractivity contribution < 1.29 is 19.1 Å². The molecule has 2 aromatic carbocycles. The number of carbonyl (C=O) groups is 3. The molecule has 2 amide bonds. The minimum Gasteiger partial charge on any atom is -0.453 e. The zero-order chi connectivity index (χ0) is 19.8. The minimum atomic E-state index is -0.936. The molecule has 142 valence electrons. The number of ether oxygens (including phenoxy) is 1. The zero-order valence-corrected chi connectivity index (χ0v) is 16.2. The number of primary amides is 1. The second kappa shape index (κ2) is 9.99. The molecule has 3 N–H and O–H groups in total. The fourth-order valence-corrected chi connectivity index (χ4v) is 3.01. The predicted octanol–water partition coefficient (Wildman–Crippen LogP) is 3.49. The van der Waals surface area contributed by atoms with Gasteiger partial charge < -0.3 is 15.8 Å². The Hall–Kier alpha value is -2.51. The topological polar surface area (TPSA) is 98.5 Å². The monoisotopic (exact) mass is 406 g/mol. The van der Waals surface area contributed by atoms with Crippen molar-refractivity contribution in [2.75, 3.05) is 11.1 Å². The molecule has 0 saturated heterocycles. The SMILES string of the molecule is CC(OC(=O)CCSc1ccc(Cl)cc1)C(=O)Nc1ccc(C(N)=O)cc1. The Morgan fingerprint density at radius 3 is 2.33 bits per heavy atom. The summed E-state index contributed by atoms with van der Waals surface area (Å²) in [5, 5.41) is 3.27. The highest BCUT2D eigenvalue weighted by Crippen LogP contribution is 2.21. The van der Waals surface area contributed by atoms with Crippen LogP contribution < -0.4 is 11.1 Å². The number of rotatable bonds is 8. The summed E-state index contributed by atoms with van der Waals surface area (Å²) in [5.41, 5.74) is 5.98. The van der Waals surface area contributed by atoms with Crippen LogP contribution in [-0.2, 0) is 14.3 Å². The van der Waals surface area contributed by atoms with Gasteiger partial charge in [0.2, 0.25) is 5.91 Å². The van der Waals surface area contributed by atoms with E-state index < -0.39 is 23.9 Å². The zero-order valence-electron chi connectivity index (χ0n) is 14.6. The van der Waals surface area contributed by atoms with Crippen molar-refractivity contribution in [1.29, 1.82) is 0 Å². The third-order valence-electron chi connectivity index (χ3n) is 3.50. The maximum atomic E-state index is 12.1. The number of amides is 2. The van der Waals surface area contributed by atoms with Crippen LogP contribution in [0, 0.1) is 0 Å². The van der Waals surface area contributed by atoms with Gasteiger partial charge in [0.25, 0.3) is 5.91 Å². The Morgan fingerprint density at radius 2 is 1.74 bits per heavy atom. The molecule has 1 unspecified atom stereocenters. The van der Waals surface area contributed by atoms with Crippen molar-refractivity contribution in [2.24, 2.45) is 5.73 Å². The van der Waals surface area contributed by atoms with E-state index in [1.807, 2.05) is 12.1 Å². The fraction of sp³-hybridized carbons (Fsp3) is 0.211. The maximum absolute atomic E-state index is 12.1. The van der Waals surface area contributed by atoms with Gasteiger partial charge in [0.05, 0.1) is 6.42 Å². The van der Waals surface area contributed by atoms with Crippen LogP contribution in [0.1, 0.15) is 23.7 Å². The summed E-state index contributed by atoms with van der Waals surface area (Å²) in [6.45, 7) is 1.50. The first-order valence-electron chi connectivity index (χ1n) is 8.13. The number of benzene rings is 2. The molecule has 2 rings (SSSR count). The summed E-state index contributed by atoms with van der Waals surface area (Å²) in [7, 11) is 0. The predicted molar refractivity (Wildman–Crippen MR) is 106 cm³/mol. The number of esters is 1. The molecule has 0 aliphatic carbocycles. The highest BCUT2D eigenvalue weighted by molar-refractivity contribution is 7.99. The number of hydrogen-bond donors (Lipinski definition) is 2. The van der Waals surface area contributed by atoms with Gasteiger partial charge in [-0.1, -0.05) is 11.6 Å². The van der Waals surface area contributed by atoms with E-state index >= 15 is 0 Å². The van der Waals surface area contributed by atoms with Gasteiger partial charge >= 0.3 is 5.97 Å². The Kier molecular flexibility index (Phi) is 7.69. The van der Waals surface area contributed by atoms with Crippen LogP contribution in [0.25, 0.3) is 0 Å². The smallest absolute Gasteiger partial charge is 0.307 e. The number of thioether (sulfide) groups is 1. The summed E-state index contributed by atoms with van der Waals surface area (Å²) in [6, 6.07) is 13.4. The molecule has 0 aromatic heterocycles. The minimum absolute atomic E-state index is 0.179. The molecule has 0 radical (unpaired) electrons. The van der Waals surface area contributed by atoms with Crippen LogP contribution in [0.15, 0.2) is 53.4 Å². The first-order valence-corrected chi connectivity index (χ1v) is 9.50. The Balaban J connectivity index is 1.75. The molecule has 1 atom stereocenters. The highest BCUT2D eigenvalue weighted by atomic mass is 35.5. The van der Waals surface area contributed by atoms with Gasteiger partial charge in [-0.3, -0.25) is 14.4 Å². The first kappa shape index (κ1) is 20.8. The lowest BCUT2D eigenvalue weighted by Crippen LogP contribution is -2.30. The molecule has 0 heterocycles. The van der Waals surface area contributed by atoms with Gasteiger partial charge in [-0.2, -0.15) is 0 Å². The molecule has 0 saturated carbocycles. The molecule has 0 fully saturated rings. The molecule has 6 nitrogen and oxygen atoms in total. The molecule has 0 bridgehead atoms. The number of nitrogens with one attached hydrogen (secondary N) is 1. The van der Waals surface area contributed by atoms with Gasteiger partial charge in [0.15, 0.2) is 6.10 Å². The van der Waals surface area contributed by atoms with Crippen molar-refractivity contribution in [1.82, 2.24) is 0 Å². The molecule has 8 heteroatoms. The maximum Gasteiger partial charge on any atom is 0.307 e. The van der Waals surface area contributed by atoms with Gasteiger partial charge in [0, 0.05) is 26.9 Å². The van der Waals surface area contributed by atoms with E-state index in [2.05, 4.69) is 5.32 Å². The Labute approximate surface area is 166 Å². The number of halogens is 1. The summed E-state index contributed by atoms with van der Waals surface area (Å²) in [4.78, 5) is 36.0. The van der Waals surface area contributed by atoms with Crippen molar-refractivity contribution in [3.63, 3.8) is 0 Å². The standard InChI is InChI=1S/C19H19ClN2O4S/c1-12(19(25)22-15-6-2-13(3-7-15)18(21)24)26-17(23)10-11-27-16-8-4-14(20)5-9-16/h2-9,12H,10-11H2,1H3,(H2,21,24)(H,22,25). The highest BCUT2D eigenvalue weighted by Gasteiger charge is 2.18. The van der Waals surface area contributed by atoms with E-state index in [4.69, 9.17) is 22.1 Å². The van der Waals surface area contributed by atoms with Crippen LogP contribution >= 0.6 is 23.4 Å². The third kappa shape index (κ3) is 6.96. The van der Waals surface area contributed by atoms with Crippen molar-refractivity contribution >= 4 is 46.8 Å². The molecule has 0 aliphatic rings. The van der Waals surface area contributed by atoms with Gasteiger partial charge in [-0.25, -0.2) is 0 Å². The molecule has 0 spiro atoms. The van der Waals surface area contributed by atoms with Crippen LogP contribution in [0.4, 0.5) is 5.69 Å². The average molecular weight is 407 g/mol. The Bertz CT molecular complexity index is 809. The van der Waals surface area contributed by atoms with Crippen LogP contribution in [-0.4, -0.2) is 29.6 Å². The van der Waals surface area contributed by atoms with E-state index in [-0.39, 0.29) is 6.42 Å². The normalized spacial score (nSPS) is 11.5. The second-order valence-corrected chi connectivity index (χ2v) is 7.22. The number of carbonyl (C=O) groups excluding carboxylic acids is 3. The van der Waals surface area contributed by atoms with Crippen molar-refractivity contribution in [3.8, 4) is 0 Å². The third-order valence-corrected chi connectivity index (χ3v) is 4.77. The fourth-order valence-electron chi connectivity index (χ4n) is 2.05. The summed E-state index contributed by atoms with van der Waals surface area (Å²) in [6.07, 6.45) is -0.757. The molecular weight excluding hydrogens is 388 g/mol. The number of nitrogens with two attached hydrogens (primary N) is 1. The summed E-state index contributed by atoms with van der Waals surface area (Å²) in [5.74, 6) is -0.931. The molecule has 0 aliphatic heterocycles. The molecular formula is C19H19ClN2O4S.